The largest absolute Gasteiger partial charge is 0.469 e. The number of anilines is 1. The predicted molar refractivity (Wildman–Crippen MR) is 126 cm³/mol. The number of furan rings is 1. The Labute approximate surface area is 204 Å². The highest BCUT2D eigenvalue weighted by molar-refractivity contribution is 9.10. The molecule has 0 saturated carbocycles. The summed E-state index contributed by atoms with van der Waals surface area (Å²) >= 11 is 5.48. The van der Waals surface area contributed by atoms with Gasteiger partial charge in [0.05, 0.1) is 40.3 Å². The third-order valence-corrected chi connectivity index (χ3v) is 8.71. The van der Waals surface area contributed by atoms with Crippen LogP contribution in [-0.2, 0) is 25.7 Å². The predicted octanol–water partition coefficient (Wildman–Crippen LogP) is 3.62. The molecule has 3 aromatic rings. The lowest BCUT2D eigenvalue weighted by atomic mass is 9.87. The van der Waals surface area contributed by atoms with Crippen LogP contribution in [-0.4, -0.2) is 34.2 Å². The number of thioether (sulfide) groups is 1. The van der Waals surface area contributed by atoms with Gasteiger partial charge in [0.15, 0.2) is 0 Å². The maximum absolute atomic E-state index is 13.6. The van der Waals surface area contributed by atoms with Crippen LogP contribution >= 0.6 is 39.0 Å². The monoisotopic (exact) mass is 548 g/mol. The third-order valence-electron chi connectivity index (χ3n) is 5.58. The van der Waals surface area contributed by atoms with Crippen molar-refractivity contribution in [2.45, 2.75) is 29.7 Å². The molecule has 2 aromatic heterocycles. The standard InChI is InChI=1S/C22H17BrN2O6S2/c1-2-30-14(26)10-24-21-18(33-22(24)29)15(13-4-3-9-31-13)16-17(32-21)20(28)25(19(16)27)12-7-5-11(23)6-8-12/h3-9,15-17H,2,10H2,1H3/t15-,16?,17?/m1/s1. The van der Waals surface area contributed by atoms with E-state index in [1.54, 1.807) is 43.3 Å². The first-order valence-corrected chi connectivity index (χ1v) is 12.6. The molecule has 0 aliphatic carbocycles. The molecule has 3 atom stereocenters. The van der Waals surface area contributed by atoms with Crippen LogP contribution in [0.4, 0.5) is 5.69 Å². The quantitative estimate of drug-likeness (QED) is 0.354. The molecule has 0 spiro atoms. The smallest absolute Gasteiger partial charge is 0.326 e. The highest BCUT2D eigenvalue weighted by Gasteiger charge is 2.57. The van der Waals surface area contributed by atoms with Gasteiger partial charge >= 0.3 is 10.8 Å². The number of imide groups is 1. The highest BCUT2D eigenvalue weighted by Crippen LogP contribution is 2.53. The summed E-state index contributed by atoms with van der Waals surface area (Å²) in [5.74, 6) is -2.10. The zero-order valence-electron chi connectivity index (χ0n) is 17.2. The maximum Gasteiger partial charge on any atom is 0.326 e. The van der Waals surface area contributed by atoms with Crippen molar-refractivity contribution in [3.8, 4) is 0 Å². The van der Waals surface area contributed by atoms with Crippen molar-refractivity contribution >= 4 is 62.5 Å². The molecular formula is C22H17BrN2O6S2. The minimum absolute atomic E-state index is 0.196. The van der Waals surface area contributed by atoms with E-state index in [1.807, 2.05) is 0 Å². The summed E-state index contributed by atoms with van der Waals surface area (Å²) in [4.78, 5) is 53.5. The van der Waals surface area contributed by atoms with Crippen LogP contribution in [0.2, 0.25) is 0 Å². The molecule has 1 saturated heterocycles. The number of benzene rings is 1. The van der Waals surface area contributed by atoms with Gasteiger partial charge in [-0.05, 0) is 43.3 Å². The van der Waals surface area contributed by atoms with Gasteiger partial charge < -0.3 is 9.15 Å². The van der Waals surface area contributed by atoms with Gasteiger partial charge in [0.1, 0.15) is 17.6 Å². The first kappa shape index (κ1) is 22.2. The van der Waals surface area contributed by atoms with Crippen molar-refractivity contribution in [2.24, 2.45) is 5.92 Å². The summed E-state index contributed by atoms with van der Waals surface area (Å²) in [7, 11) is 0. The second-order valence-corrected chi connectivity index (χ2v) is 10.5. The average molecular weight is 549 g/mol. The van der Waals surface area contributed by atoms with Crippen molar-refractivity contribution in [1.82, 2.24) is 4.57 Å². The van der Waals surface area contributed by atoms with Crippen LogP contribution in [0.1, 0.15) is 23.5 Å². The molecule has 2 amide bonds. The first-order chi connectivity index (χ1) is 15.9. The molecule has 2 unspecified atom stereocenters. The van der Waals surface area contributed by atoms with Crippen LogP contribution in [0.5, 0.6) is 0 Å². The molecule has 1 fully saturated rings. The molecule has 2 aliphatic heterocycles. The van der Waals surface area contributed by atoms with Crippen LogP contribution in [0, 0.1) is 5.92 Å². The van der Waals surface area contributed by atoms with Gasteiger partial charge in [-0.2, -0.15) is 0 Å². The maximum atomic E-state index is 13.6. The normalized spacial score (nSPS) is 21.8. The molecule has 0 N–H and O–H groups in total. The van der Waals surface area contributed by atoms with Crippen molar-refractivity contribution in [1.29, 1.82) is 0 Å². The van der Waals surface area contributed by atoms with E-state index in [0.717, 1.165) is 27.6 Å². The van der Waals surface area contributed by atoms with Gasteiger partial charge in [-0.1, -0.05) is 39.0 Å². The molecule has 0 radical (unpaired) electrons. The number of hydrogen-bond donors (Lipinski definition) is 0. The summed E-state index contributed by atoms with van der Waals surface area (Å²) < 4.78 is 12.8. The highest BCUT2D eigenvalue weighted by atomic mass is 79.9. The Morgan fingerprint density at radius 2 is 1.91 bits per heavy atom. The van der Waals surface area contributed by atoms with E-state index in [0.29, 0.717) is 21.4 Å². The molecule has 0 bridgehead atoms. The number of ether oxygens (including phenoxy) is 1. The number of carbonyl (C=O) groups excluding carboxylic acids is 3. The Balaban J connectivity index is 1.61. The van der Waals surface area contributed by atoms with Crippen LogP contribution < -0.4 is 9.77 Å². The zero-order chi connectivity index (χ0) is 23.3. The van der Waals surface area contributed by atoms with Gasteiger partial charge in [0, 0.05) is 4.47 Å². The van der Waals surface area contributed by atoms with Crippen LogP contribution in [0.3, 0.4) is 0 Å². The Kier molecular flexibility index (Phi) is 5.79. The molecule has 2 aliphatic rings. The molecule has 11 heteroatoms. The van der Waals surface area contributed by atoms with Gasteiger partial charge in [0.2, 0.25) is 11.8 Å². The van der Waals surface area contributed by atoms with E-state index in [1.165, 1.54) is 15.7 Å². The second kappa shape index (κ2) is 8.62. The van der Waals surface area contributed by atoms with Crippen molar-refractivity contribution in [2.75, 3.05) is 11.5 Å². The number of thiazole rings is 1. The molecule has 1 aromatic carbocycles. The number of fused-ring (bicyclic) bond motifs is 2. The van der Waals surface area contributed by atoms with E-state index in [2.05, 4.69) is 15.9 Å². The second-order valence-electron chi connectivity index (χ2n) is 7.47. The number of esters is 1. The molecule has 170 valence electrons. The lowest BCUT2D eigenvalue weighted by molar-refractivity contribution is -0.144. The molecule has 4 heterocycles. The summed E-state index contributed by atoms with van der Waals surface area (Å²) in [6.07, 6.45) is 1.50. The van der Waals surface area contributed by atoms with E-state index < -0.39 is 23.1 Å². The molecule has 33 heavy (non-hydrogen) atoms. The topological polar surface area (TPSA) is 98.8 Å². The van der Waals surface area contributed by atoms with Gasteiger partial charge in [0.25, 0.3) is 0 Å². The van der Waals surface area contributed by atoms with Gasteiger partial charge in [-0.25, -0.2) is 4.90 Å². The first-order valence-electron chi connectivity index (χ1n) is 10.1. The Morgan fingerprint density at radius 1 is 1.15 bits per heavy atom. The minimum atomic E-state index is -0.758. The van der Waals surface area contributed by atoms with E-state index in [9.17, 15) is 19.2 Å². The fourth-order valence-electron chi connectivity index (χ4n) is 4.21. The van der Waals surface area contributed by atoms with Crippen molar-refractivity contribution in [3.63, 3.8) is 0 Å². The Morgan fingerprint density at radius 3 is 2.58 bits per heavy atom. The SMILES string of the molecule is CCOC(=O)Cn1c2c(sc1=O)[C@H](c1ccco1)C1C(=O)N(c3ccc(Br)cc3)C(=O)C1S2. The van der Waals surface area contributed by atoms with Crippen LogP contribution in [0.25, 0.3) is 0 Å². The lowest BCUT2D eigenvalue weighted by Crippen LogP contribution is -2.32. The lowest BCUT2D eigenvalue weighted by Gasteiger charge is -2.28. The summed E-state index contributed by atoms with van der Waals surface area (Å²) in [5.41, 5.74) is 0.480. The third kappa shape index (κ3) is 3.68. The van der Waals surface area contributed by atoms with Crippen LogP contribution in [0.15, 0.2) is 61.4 Å². The number of amides is 2. The Hall–Kier alpha value is -2.63. The fraction of sp³-hybridized carbons (Fsp3) is 0.273. The number of nitrogens with zero attached hydrogens (tertiary/aromatic N) is 2. The number of aromatic nitrogens is 1. The number of carbonyl (C=O) groups is 3. The summed E-state index contributed by atoms with van der Waals surface area (Å²) in [6, 6.07) is 10.4. The number of hydrogen-bond acceptors (Lipinski definition) is 8. The van der Waals surface area contributed by atoms with Gasteiger partial charge in [-0.3, -0.25) is 23.7 Å². The van der Waals surface area contributed by atoms with E-state index in [4.69, 9.17) is 9.15 Å². The average Bonchev–Trinajstić information content (AvgIpc) is 3.48. The Bertz CT molecular complexity index is 1300. The fourth-order valence-corrected chi connectivity index (χ4v) is 7.23. The molecule has 8 nitrogen and oxygen atoms in total. The van der Waals surface area contributed by atoms with Crippen molar-refractivity contribution in [3.05, 3.63) is 67.4 Å². The molecular weight excluding hydrogens is 532 g/mol. The van der Waals surface area contributed by atoms with Gasteiger partial charge in [-0.15, -0.1) is 0 Å². The minimum Gasteiger partial charge on any atom is -0.469 e. The number of rotatable bonds is 5. The number of halogens is 1. The zero-order valence-corrected chi connectivity index (χ0v) is 20.4. The van der Waals surface area contributed by atoms with E-state index >= 15 is 0 Å². The van der Waals surface area contributed by atoms with Crippen molar-refractivity contribution < 1.29 is 23.5 Å². The summed E-state index contributed by atoms with van der Waals surface area (Å²) in [5, 5.41) is -0.259. The van der Waals surface area contributed by atoms with E-state index in [-0.39, 0.29) is 29.8 Å². The molecule has 5 rings (SSSR count). The summed E-state index contributed by atoms with van der Waals surface area (Å²) in [6.45, 7) is 1.63.